The zero-order valence-electron chi connectivity index (χ0n) is 15.1. The number of rotatable bonds is 5. The molecule has 2 amide bonds. The fraction of sp³-hybridized carbons (Fsp3) is 0.150. The molecule has 0 radical (unpaired) electrons. The largest absolute Gasteiger partial charge is 0.493 e. The Morgan fingerprint density at radius 3 is 2.64 bits per heavy atom. The van der Waals surface area contributed by atoms with E-state index in [2.05, 4.69) is 28.7 Å². The molecule has 3 rings (SSSR count). The highest BCUT2D eigenvalue weighted by atomic mass is 127. The molecule has 1 heterocycles. The van der Waals surface area contributed by atoms with Crippen LogP contribution >= 0.6 is 34.4 Å². The standard InChI is InChI=1S/C20H15IN2O4S/c1-26-16-8-12(7-15(21)18(16)27-2)9-17-19(24)23(20(25)28-17)11-14-6-4-3-5-13(14)10-22/h3-9H,11H2,1-2H3/b17-9+. The maximum absolute atomic E-state index is 12.8. The average Bonchev–Trinajstić information content (AvgIpc) is 2.95. The summed E-state index contributed by atoms with van der Waals surface area (Å²) in [7, 11) is 3.10. The van der Waals surface area contributed by atoms with Crippen LogP contribution in [0.1, 0.15) is 16.7 Å². The van der Waals surface area contributed by atoms with Gasteiger partial charge in [0, 0.05) is 0 Å². The molecule has 1 saturated heterocycles. The Kier molecular flexibility index (Phi) is 6.26. The molecule has 1 aliphatic heterocycles. The minimum Gasteiger partial charge on any atom is -0.493 e. The number of halogens is 1. The number of carbonyl (C=O) groups is 2. The lowest BCUT2D eigenvalue weighted by molar-refractivity contribution is -0.123. The first-order valence-corrected chi connectivity index (χ1v) is 10.0. The summed E-state index contributed by atoms with van der Waals surface area (Å²) in [5.74, 6) is 0.775. The van der Waals surface area contributed by atoms with E-state index in [9.17, 15) is 14.9 Å². The molecule has 2 aromatic carbocycles. The van der Waals surface area contributed by atoms with Gasteiger partial charge in [0.25, 0.3) is 11.1 Å². The predicted molar refractivity (Wildman–Crippen MR) is 115 cm³/mol. The van der Waals surface area contributed by atoms with Crippen LogP contribution in [-0.4, -0.2) is 30.3 Å². The van der Waals surface area contributed by atoms with Crippen LogP contribution in [0.3, 0.4) is 0 Å². The number of nitriles is 1. The van der Waals surface area contributed by atoms with Crippen molar-refractivity contribution in [1.82, 2.24) is 4.90 Å². The zero-order valence-corrected chi connectivity index (χ0v) is 18.0. The minimum absolute atomic E-state index is 0.0647. The van der Waals surface area contributed by atoms with Gasteiger partial charge < -0.3 is 9.47 Å². The number of carbonyl (C=O) groups excluding carboxylic acids is 2. The third-order valence-corrected chi connectivity index (χ3v) is 5.80. The molecule has 0 saturated carbocycles. The second kappa shape index (κ2) is 8.67. The smallest absolute Gasteiger partial charge is 0.293 e. The van der Waals surface area contributed by atoms with Gasteiger partial charge >= 0.3 is 0 Å². The highest BCUT2D eigenvalue weighted by Crippen LogP contribution is 2.37. The molecule has 0 unspecified atom stereocenters. The fourth-order valence-electron chi connectivity index (χ4n) is 2.75. The quantitative estimate of drug-likeness (QED) is 0.442. The zero-order chi connectivity index (χ0) is 20.3. The Labute approximate surface area is 180 Å². The van der Waals surface area contributed by atoms with Crippen molar-refractivity contribution in [2.24, 2.45) is 0 Å². The maximum atomic E-state index is 12.8. The summed E-state index contributed by atoms with van der Waals surface area (Å²) < 4.78 is 11.5. The van der Waals surface area contributed by atoms with Crippen LogP contribution < -0.4 is 9.47 Å². The van der Waals surface area contributed by atoms with E-state index in [0.29, 0.717) is 27.5 Å². The number of amides is 2. The first-order valence-electron chi connectivity index (χ1n) is 8.13. The normalized spacial score (nSPS) is 15.1. The van der Waals surface area contributed by atoms with E-state index in [0.717, 1.165) is 25.8 Å². The van der Waals surface area contributed by atoms with Gasteiger partial charge in [-0.1, -0.05) is 18.2 Å². The number of hydrogen-bond donors (Lipinski definition) is 0. The number of thioether (sulfide) groups is 1. The van der Waals surface area contributed by atoms with Crippen molar-refractivity contribution in [2.45, 2.75) is 6.54 Å². The molecule has 1 aliphatic rings. The van der Waals surface area contributed by atoms with Crippen molar-refractivity contribution < 1.29 is 19.1 Å². The molecular weight excluding hydrogens is 491 g/mol. The molecule has 142 valence electrons. The van der Waals surface area contributed by atoms with E-state index in [1.165, 1.54) is 7.11 Å². The number of nitrogens with zero attached hydrogens (tertiary/aromatic N) is 2. The Morgan fingerprint density at radius 2 is 1.96 bits per heavy atom. The number of hydrogen-bond acceptors (Lipinski definition) is 6. The van der Waals surface area contributed by atoms with Crippen LogP contribution in [0.2, 0.25) is 0 Å². The highest BCUT2D eigenvalue weighted by molar-refractivity contribution is 14.1. The number of methoxy groups -OCH3 is 2. The van der Waals surface area contributed by atoms with Crippen molar-refractivity contribution in [2.75, 3.05) is 14.2 Å². The molecule has 0 aromatic heterocycles. The molecule has 8 heteroatoms. The van der Waals surface area contributed by atoms with Gasteiger partial charge in [-0.2, -0.15) is 5.26 Å². The Morgan fingerprint density at radius 1 is 1.21 bits per heavy atom. The van der Waals surface area contributed by atoms with Crippen molar-refractivity contribution >= 4 is 51.6 Å². The maximum Gasteiger partial charge on any atom is 0.293 e. The van der Waals surface area contributed by atoms with Crippen LogP contribution in [-0.2, 0) is 11.3 Å². The van der Waals surface area contributed by atoms with E-state index in [1.54, 1.807) is 43.5 Å². The van der Waals surface area contributed by atoms with Crippen molar-refractivity contribution in [1.29, 1.82) is 5.26 Å². The van der Waals surface area contributed by atoms with E-state index < -0.39 is 0 Å². The lowest BCUT2D eigenvalue weighted by Gasteiger charge is -2.13. The van der Waals surface area contributed by atoms with Gasteiger partial charge in [-0.05, 0) is 69.8 Å². The molecule has 6 nitrogen and oxygen atoms in total. The lowest BCUT2D eigenvalue weighted by Crippen LogP contribution is -2.27. The molecule has 28 heavy (non-hydrogen) atoms. The van der Waals surface area contributed by atoms with E-state index in [1.807, 2.05) is 6.07 Å². The van der Waals surface area contributed by atoms with Gasteiger partial charge in [-0.3, -0.25) is 14.5 Å². The van der Waals surface area contributed by atoms with E-state index in [4.69, 9.17) is 9.47 Å². The minimum atomic E-state index is -0.382. The van der Waals surface area contributed by atoms with Crippen LogP contribution in [0, 0.1) is 14.9 Å². The molecule has 1 fully saturated rings. The molecule has 0 spiro atoms. The highest BCUT2D eigenvalue weighted by Gasteiger charge is 2.35. The Hall–Kier alpha value is -2.51. The van der Waals surface area contributed by atoms with Crippen LogP contribution in [0.5, 0.6) is 11.5 Å². The number of ether oxygens (including phenoxy) is 2. The van der Waals surface area contributed by atoms with Gasteiger partial charge in [0.1, 0.15) is 0 Å². The summed E-state index contributed by atoms with van der Waals surface area (Å²) in [5, 5.41) is 8.85. The molecule has 0 N–H and O–H groups in total. The summed E-state index contributed by atoms with van der Waals surface area (Å²) in [6, 6.07) is 12.6. The van der Waals surface area contributed by atoms with E-state index in [-0.39, 0.29) is 17.7 Å². The Bertz CT molecular complexity index is 1030. The summed E-state index contributed by atoms with van der Waals surface area (Å²) in [6.07, 6.45) is 1.66. The van der Waals surface area contributed by atoms with Gasteiger partial charge in [-0.15, -0.1) is 0 Å². The van der Waals surface area contributed by atoms with Crippen molar-refractivity contribution in [3.05, 3.63) is 61.6 Å². The molecule has 2 aromatic rings. The first kappa shape index (κ1) is 20.2. The fourth-order valence-corrected chi connectivity index (χ4v) is 4.43. The molecular formula is C20H15IN2O4S. The Balaban J connectivity index is 1.89. The van der Waals surface area contributed by atoms with Crippen LogP contribution in [0.25, 0.3) is 6.08 Å². The monoisotopic (exact) mass is 506 g/mol. The van der Waals surface area contributed by atoms with Crippen molar-refractivity contribution in [3.8, 4) is 17.6 Å². The summed E-state index contributed by atoms with van der Waals surface area (Å²) >= 11 is 3.00. The molecule has 0 atom stereocenters. The topological polar surface area (TPSA) is 79.6 Å². The first-order chi connectivity index (χ1) is 13.5. The van der Waals surface area contributed by atoms with Crippen LogP contribution in [0.15, 0.2) is 41.3 Å². The predicted octanol–water partition coefficient (Wildman–Crippen LogP) is 4.42. The molecule has 0 bridgehead atoms. The van der Waals surface area contributed by atoms with Gasteiger partial charge in [-0.25, -0.2) is 0 Å². The summed E-state index contributed by atoms with van der Waals surface area (Å²) in [6.45, 7) is 0.0647. The third-order valence-electron chi connectivity index (χ3n) is 4.09. The number of imide groups is 1. The van der Waals surface area contributed by atoms with Gasteiger partial charge in [0.2, 0.25) is 0 Å². The van der Waals surface area contributed by atoms with Crippen molar-refractivity contribution in [3.63, 3.8) is 0 Å². The van der Waals surface area contributed by atoms with Crippen LogP contribution in [0.4, 0.5) is 4.79 Å². The average molecular weight is 506 g/mol. The van der Waals surface area contributed by atoms with E-state index >= 15 is 0 Å². The number of benzene rings is 2. The summed E-state index contributed by atoms with van der Waals surface area (Å²) in [4.78, 5) is 26.6. The second-order valence-corrected chi connectivity index (χ2v) is 7.93. The lowest BCUT2D eigenvalue weighted by atomic mass is 10.1. The third kappa shape index (κ3) is 4.00. The second-order valence-electron chi connectivity index (χ2n) is 5.78. The molecule has 0 aliphatic carbocycles. The SMILES string of the molecule is COc1cc(/C=C2/SC(=O)N(Cc3ccccc3C#N)C2=O)cc(I)c1OC. The van der Waals surface area contributed by atoms with Gasteiger partial charge in [0.05, 0.1) is 40.9 Å². The van der Waals surface area contributed by atoms with Gasteiger partial charge in [0.15, 0.2) is 11.5 Å². The summed E-state index contributed by atoms with van der Waals surface area (Å²) in [5.41, 5.74) is 1.80.